The smallest absolute Gasteiger partial charge is 0.279 e. The van der Waals surface area contributed by atoms with Crippen LogP contribution in [0.4, 0.5) is 0 Å². The average molecular weight is 415 g/mol. The van der Waals surface area contributed by atoms with Gasteiger partial charge in [0.2, 0.25) is 0 Å². The fraction of sp³-hybridized carbons (Fsp3) is 0.364. The standard InChI is InChI=1S/C22H26N2O4S/c1-5-7-13-28-16-10-8-9-15(14-16)21(25)23-22-24(6-2)19-17(26-3)11-12-18(27-4)20(19)29-22/h8-12,14H,5-7,13H2,1-4H3. The van der Waals surface area contributed by atoms with E-state index in [1.807, 2.05) is 35.8 Å². The minimum Gasteiger partial charge on any atom is -0.495 e. The van der Waals surface area contributed by atoms with Crippen molar-refractivity contribution in [3.05, 3.63) is 46.8 Å². The summed E-state index contributed by atoms with van der Waals surface area (Å²) in [7, 11) is 3.26. The summed E-state index contributed by atoms with van der Waals surface area (Å²) in [6, 6.07) is 10.9. The summed E-state index contributed by atoms with van der Waals surface area (Å²) in [5, 5.41) is 0. The first-order valence-electron chi connectivity index (χ1n) is 9.69. The Hall–Kier alpha value is -2.80. The molecule has 0 unspecified atom stereocenters. The van der Waals surface area contributed by atoms with Crippen LogP contribution in [0, 0.1) is 0 Å². The Balaban J connectivity index is 2.04. The van der Waals surface area contributed by atoms with Crippen molar-refractivity contribution >= 4 is 27.5 Å². The number of benzene rings is 2. The van der Waals surface area contributed by atoms with Crippen molar-refractivity contribution in [1.29, 1.82) is 0 Å². The van der Waals surface area contributed by atoms with E-state index in [2.05, 4.69) is 11.9 Å². The molecule has 7 heteroatoms. The Morgan fingerprint density at radius 3 is 2.55 bits per heavy atom. The first kappa shape index (κ1) is 20.9. The second kappa shape index (κ2) is 9.60. The van der Waals surface area contributed by atoms with Crippen LogP contribution in [0.15, 0.2) is 41.4 Å². The lowest BCUT2D eigenvalue weighted by Gasteiger charge is -2.08. The van der Waals surface area contributed by atoms with E-state index in [9.17, 15) is 4.79 Å². The number of amides is 1. The predicted molar refractivity (Wildman–Crippen MR) is 115 cm³/mol. The molecule has 3 rings (SSSR count). The molecule has 0 atom stereocenters. The third-order valence-electron chi connectivity index (χ3n) is 4.55. The molecule has 6 nitrogen and oxygen atoms in total. The highest BCUT2D eigenvalue weighted by Crippen LogP contribution is 2.35. The van der Waals surface area contributed by atoms with Crippen molar-refractivity contribution in [3.8, 4) is 17.2 Å². The number of fused-ring (bicyclic) bond motifs is 1. The van der Waals surface area contributed by atoms with Crippen LogP contribution >= 0.6 is 11.3 Å². The molecule has 0 saturated carbocycles. The average Bonchev–Trinajstić information content (AvgIpc) is 3.11. The molecule has 0 aliphatic rings. The van der Waals surface area contributed by atoms with Gasteiger partial charge < -0.3 is 18.8 Å². The van der Waals surface area contributed by atoms with E-state index in [1.165, 1.54) is 11.3 Å². The van der Waals surface area contributed by atoms with Gasteiger partial charge in [-0.3, -0.25) is 4.79 Å². The Morgan fingerprint density at radius 2 is 1.86 bits per heavy atom. The number of hydrogen-bond acceptors (Lipinski definition) is 5. The summed E-state index contributed by atoms with van der Waals surface area (Å²) in [5.74, 6) is 1.83. The summed E-state index contributed by atoms with van der Waals surface area (Å²) in [4.78, 5) is 17.9. The van der Waals surface area contributed by atoms with E-state index in [0.717, 1.165) is 34.6 Å². The van der Waals surface area contributed by atoms with Crippen LogP contribution < -0.4 is 19.0 Å². The van der Waals surface area contributed by atoms with Crippen molar-refractivity contribution in [2.45, 2.75) is 33.2 Å². The van der Waals surface area contributed by atoms with Gasteiger partial charge in [-0.2, -0.15) is 4.99 Å². The van der Waals surface area contributed by atoms with Gasteiger partial charge in [0, 0.05) is 12.1 Å². The SMILES string of the molecule is CCCCOc1cccc(C(=O)N=c2sc3c(OC)ccc(OC)c3n2CC)c1. The van der Waals surface area contributed by atoms with Crippen LogP contribution in [0.1, 0.15) is 37.0 Å². The van der Waals surface area contributed by atoms with E-state index in [4.69, 9.17) is 14.2 Å². The van der Waals surface area contributed by atoms with E-state index >= 15 is 0 Å². The molecule has 0 aliphatic carbocycles. The zero-order chi connectivity index (χ0) is 20.8. The summed E-state index contributed by atoms with van der Waals surface area (Å²) in [6.45, 7) is 5.41. The second-order valence-electron chi connectivity index (χ2n) is 6.42. The molecular formula is C22H26N2O4S. The summed E-state index contributed by atoms with van der Waals surface area (Å²) < 4.78 is 19.6. The highest BCUT2D eigenvalue weighted by atomic mass is 32.1. The fourth-order valence-electron chi connectivity index (χ4n) is 3.04. The quantitative estimate of drug-likeness (QED) is 0.503. The predicted octanol–water partition coefficient (Wildman–Crippen LogP) is 4.66. The molecule has 3 aromatic rings. The molecule has 0 bridgehead atoms. The Labute approximate surface area is 174 Å². The van der Waals surface area contributed by atoms with Gasteiger partial charge in [-0.15, -0.1) is 0 Å². The lowest BCUT2D eigenvalue weighted by Crippen LogP contribution is -2.16. The third-order valence-corrected chi connectivity index (χ3v) is 5.65. The highest BCUT2D eigenvalue weighted by molar-refractivity contribution is 7.16. The van der Waals surface area contributed by atoms with E-state index in [0.29, 0.717) is 29.3 Å². The monoisotopic (exact) mass is 414 g/mol. The Kier molecular flexibility index (Phi) is 6.93. The number of aryl methyl sites for hydroxylation is 1. The normalized spacial score (nSPS) is 11.7. The molecule has 29 heavy (non-hydrogen) atoms. The molecule has 0 spiro atoms. The van der Waals surface area contributed by atoms with Crippen molar-refractivity contribution in [2.24, 2.45) is 4.99 Å². The minimum atomic E-state index is -0.308. The van der Waals surface area contributed by atoms with Crippen LogP contribution in [-0.2, 0) is 6.54 Å². The minimum absolute atomic E-state index is 0.308. The number of thiazole rings is 1. The van der Waals surface area contributed by atoms with Crippen molar-refractivity contribution < 1.29 is 19.0 Å². The number of methoxy groups -OCH3 is 2. The number of rotatable bonds is 8. The number of carbonyl (C=O) groups is 1. The maximum atomic E-state index is 12.9. The molecule has 0 aliphatic heterocycles. The van der Waals surface area contributed by atoms with Crippen molar-refractivity contribution in [2.75, 3.05) is 20.8 Å². The van der Waals surface area contributed by atoms with Gasteiger partial charge >= 0.3 is 0 Å². The molecule has 154 valence electrons. The molecular weight excluding hydrogens is 388 g/mol. The number of unbranched alkanes of at least 4 members (excludes halogenated alkanes) is 1. The fourth-order valence-corrected chi connectivity index (χ4v) is 4.24. The summed E-state index contributed by atoms with van der Waals surface area (Å²) >= 11 is 1.41. The number of nitrogens with zero attached hydrogens (tertiary/aromatic N) is 2. The third kappa shape index (κ3) is 4.45. The molecule has 1 aromatic heterocycles. The summed E-state index contributed by atoms with van der Waals surface area (Å²) in [5.41, 5.74) is 1.38. The van der Waals surface area contributed by atoms with E-state index in [-0.39, 0.29) is 5.91 Å². The van der Waals surface area contributed by atoms with E-state index in [1.54, 1.807) is 26.4 Å². The Morgan fingerprint density at radius 1 is 1.10 bits per heavy atom. The number of hydrogen-bond donors (Lipinski definition) is 0. The molecule has 0 radical (unpaired) electrons. The van der Waals surface area contributed by atoms with Crippen LogP contribution in [-0.4, -0.2) is 31.3 Å². The van der Waals surface area contributed by atoms with Crippen LogP contribution in [0.5, 0.6) is 17.2 Å². The highest BCUT2D eigenvalue weighted by Gasteiger charge is 2.16. The summed E-state index contributed by atoms with van der Waals surface area (Å²) in [6.07, 6.45) is 2.04. The van der Waals surface area contributed by atoms with Gasteiger partial charge in [0.05, 0.1) is 20.8 Å². The molecule has 2 aromatic carbocycles. The number of ether oxygens (including phenoxy) is 3. The topological polar surface area (TPSA) is 62.1 Å². The molecule has 1 heterocycles. The zero-order valence-corrected chi connectivity index (χ0v) is 18.0. The van der Waals surface area contributed by atoms with Gasteiger partial charge in [-0.25, -0.2) is 0 Å². The largest absolute Gasteiger partial charge is 0.495 e. The van der Waals surface area contributed by atoms with Gasteiger partial charge in [0.25, 0.3) is 5.91 Å². The van der Waals surface area contributed by atoms with Crippen molar-refractivity contribution in [1.82, 2.24) is 4.57 Å². The lowest BCUT2D eigenvalue weighted by molar-refractivity contribution is 0.0997. The molecule has 0 N–H and O–H groups in total. The van der Waals surface area contributed by atoms with Crippen LogP contribution in [0.2, 0.25) is 0 Å². The van der Waals surface area contributed by atoms with Crippen LogP contribution in [0.3, 0.4) is 0 Å². The van der Waals surface area contributed by atoms with Crippen LogP contribution in [0.25, 0.3) is 10.2 Å². The van der Waals surface area contributed by atoms with Gasteiger partial charge in [0.15, 0.2) is 4.80 Å². The zero-order valence-electron chi connectivity index (χ0n) is 17.2. The van der Waals surface area contributed by atoms with Gasteiger partial charge in [-0.1, -0.05) is 30.7 Å². The van der Waals surface area contributed by atoms with E-state index < -0.39 is 0 Å². The first-order chi connectivity index (χ1) is 14.1. The molecule has 0 saturated heterocycles. The number of carbonyl (C=O) groups excluding carboxylic acids is 1. The maximum absolute atomic E-state index is 12.9. The maximum Gasteiger partial charge on any atom is 0.279 e. The first-order valence-corrected chi connectivity index (χ1v) is 10.5. The molecule has 1 amide bonds. The number of aromatic nitrogens is 1. The van der Waals surface area contributed by atoms with Gasteiger partial charge in [-0.05, 0) is 43.7 Å². The second-order valence-corrected chi connectivity index (χ2v) is 7.40. The Bertz CT molecular complexity index is 1070. The van der Waals surface area contributed by atoms with Crippen molar-refractivity contribution in [3.63, 3.8) is 0 Å². The molecule has 0 fully saturated rings. The lowest BCUT2D eigenvalue weighted by atomic mass is 10.2. The van der Waals surface area contributed by atoms with Gasteiger partial charge in [0.1, 0.15) is 27.5 Å².